The zero-order chi connectivity index (χ0) is 20.3. The largest absolute Gasteiger partial charge is 0.419 e. The van der Waals surface area contributed by atoms with Gasteiger partial charge in [-0.3, -0.25) is 4.79 Å². The normalized spacial score (nSPS) is 10.9. The molecule has 146 valence electrons. The monoisotopic (exact) mass is 396 g/mol. The first-order chi connectivity index (χ1) is 14.8. The summed E-state index contributed by atoms with van der Waals surface area (Å²) in [4.78, 5) is 17.1. The van der Waals surface area contributed by atoms with Crippen LogP contribution >= 0.6 is 0 Å². The Hall–Kier alpha value is -4.33. The van der Waals surface area contributed by atoms with Crippen molar-refractivity contribution >= 4 is 11.6 Å². The van der Waals surface area contributed by atoms with Gasteiger partial charge in [0.05, 0.1) is 18.4 Å². The van der Waals surface area contributed by atoms with E-state index in [1.54, 1.807) is 10.7 Å². The number of carbonyl (C=O) groups excluding carboxylic acids is 1. The second-order valence-corrected chi connectivity index (χ2v) is 6.54. The van der Waals surface area contributed by atoms with Crippen molar-refractivity contribution in [1.82, 2.24) is 30.1 Å². The molecule has 0 unspecified atom stereocenters. The maximum atomic E-state index is 12.7. The predicted molar refractivity (Wildman–Crippen MR) is 109 cm³/mol. The molecule has 2 aromatic carbocycles. The molecule has 30 heavy (non-hydrogen) atoms. The van der Waals surface area contributed by atoms with Gasteiger partial charge in [-0.1, -0.05) is 48.5 Å². The third-order valence-electron chi connectivity index (χ3n) is 4.60. The highest BCUT2D eigenvalue weighted by atomic mass is 16.4. The fraction of sp³-hybridized carbons (Fsp3) is 0.0455. The number of hydrogen-bond acceptors (Lipinski definition) is 6. The highest BCUT2D eigenvalue weighted by molar-refractivity contribution is 5.99. The Bertz CT molecular complexity index is 1310. The van der Waals surface area contributed by atoms with E-state index in [0.717, 1.165) is 16.8 Å². The number of aromatic nitrogens is 5. The summed E-state index contributed by atoms with van der Waals surface area (Å²) in [6, 6.07) is 21.1. The lowest BCUT2D eigenvalue weighted by atomic mass is 10.1. The molecule has 8 nitrogen and oxygen atoms in total. The van der Waals surface area contributed by atoms with Crippen LogP contribution in [0.2, 0.25) is 0 Å². The minimum absolute atomic E-state index is 0.106. The van der Waals surface area contributed by atoms with Gasteiger partial charge in [0.2, 0.25) is 11.8 Å². The molecule has 0 spiro atoms. The lowest BCUT2D eigenvalue weighted by molar-refractivity contribution is 0.0949. The van der Waals surface area contributed by atoms with Crippen LogP contribution in [0.4, 0.5) is 0 Å². The average Bonchev–Trinajstić information content (AvgIpc) is 3.46. The summed E-state index contributed by atoms with van der Waals surface area (Å²) in [7, 11) is 0. The average molecular weight is 396 g/mol. The lowest BCUT2D eigenvalue weighted by Gasteiger charge is -2.05. The fourth-order valence-corrected chi connectivity index (χ4v) is 3.15. The molecule has 0 saturated heterocycles. The van der Waals surface area contributed by atoms with Gasteiger partial charge in [0.25, 0.3) is 5.91 Å². The molecule has 0 aliphatic heterocycles. The van der Waals surface area contributed by atoms with Crippen LogP contribution in [0.25, 0.3) is 28.4 Å². The molecule has 0 radical (unpaired) electrons. The van der Waals surface area contributed by atoms with Crippen LogP contribution in [0.15, 0.2) is 83.5 Å². The molecule has 0 aliphatic carbocycles. The molecule has 5 rings (SSSR count). The van der Waals surface area contributed by atoms with Crippen LogP contribution in [-0.4, -0.2) is 30.7 Å². The molecule has 0 saturated carbocycles. The highest BCUT2D eigenvalue weighted by Gasteiger charge is 2.17. The summed E-state index contributed by atoms with van der Waals surface area (Å²) in [5.41, 5.74) is 3.51. The molecule has 0 fully saturated rings. The standard InChI is InChI=1S/C22H16N6O2/c29-21(24-14-19-26-27-22(30-19)16-9-5-2-6-10-16)17-13-25-28-18(11-12-23-20(17)28)15-7-3-1-4-8-15/h1-13H,14H2,(H,24,29). The van der Waals surface area contributed by atoms with E-state index < -0.39 is 0 Å². The van der Waals surface area contributed by atoms with Gasteiger partial charge in [-0.25, -0.2) is 9.50 Å². The quantitative estimate of drug-likeness (QED) is 0.489. The molecule has 3 aromatic heterocycles. The number of hydrogen-bond donors (Lipinski definition) is 1. The summed E-state index contributed by atoms with van der Waals surface area (Å²) < 4.78 is 7.29. The van der Waals surface area contributed by atoms with E-state index >= 15 is 0 Å². The second-order valence-electron chi connectivity index (χ2n) is 6.54. The Labute approximate surface area is 171 Å². The second kappa shape index (κ2) is 7.59. The van der Waals surface area contributed by atoms with Gasteiger partial charge < -0.3 is 9.73 Å². The Morgan fingerprint density at radius 2 is 1.67 bits per heavy atom. The maximum absolute atomic E-state index is 12.7. The van der Waals surface area contributed by atoms with Crippen LogP contribution in [0.3, 0.4) is 0 Å². The highest BCUT2D eigenvalue weighted by Crippen LogP contribution is 2.21. The number of nitrogens with one attached hydrogen (secondary N) is 1. The molecule has 0 bridgehead atoms. The fourth-order valence-electron chi connectivity index (χ4n) is 3.15. The zero-order valence-electron chi connectivity index (χ0n) is 15.8. The van der Waals surface area contributed by atoms with Gasteiger partial charge in [-0.2, -0.15) is 5.10 Å². The lowest BCUT2D eigenvalue weighted by Crippen LogP contribution is -2.23. The molecular weight excluding hydrogens is 380 g/mol. The molecule has 0 aliphatic rings. The van der Waals surface area contributed by atoms with Gasteiger partial charge in [0.1, 0.15) is 5.56 Å². The van der Waals surface area contributed by atoms with Crippen LogP contribution in [0.5, 0.6) is 0 Å². The molecule has 0 atom stereocenters. The molecule has 1 amide bonds. The molecule has 8 heteroatoms. The number of carbonyl (C=O) groups is 1. The van der Waals surface area contributed by atoms with Crippen molar-refractivity contribution in [3.63, 3.8) is 0 Å². The van der Waals surface area contributed by atoms with Gasteiger partial charge in [-0.05, 0) is 18.2 Å². The van der Waals surface area contributed by atoms with Crippen LogP contribution in [-0.2, 0) is 6.54 Å². The van der Waals surface area contributed by atoms with Crippen LogP contribution in [0.1, 0.15) is 16.2 Å². The number of rotatable bonds is 5. The maximum Gasteiger partial charge on any atom is 0.257 e. The smallest absolute Gasteiger partial charge is 0.257 e. The van der Waals surface area contributed by atoms with Crippen molar-refractivity contribution in [3.8, 4) is 22.7 Å². The predicted octanol–water partition coefficient (Wildman–Crippen LogP) is 3.38. The third-order valence-corrected chi connectivity index (χ3v) is 4.60. The van der Waals surface area contributed by atoms with E-state index in [9.17, 15) is 4.79 Å². The van der Waals surface area contributed by atoms with E-state index in [4.69, 9.17) is 4.42 Å². The van der Waals surface area contributed by atoms with Gasteiger partial charge in [0, 0.05) is 17.3 Å². The van der Waals surface area contributed by atoms with Crippen molar-refractivity contribution in [2.75, 3.05) is 0 Å². The van der Waals surface area contributed by atoms with E-state index in [0.29, 0.717) is 23.0 Å². The van der Waals surface area contributed by atoms with Crippen molar-refractivity contribution in [2.24, 2.45) is 0 Å². The van der Waals surface area contributed by atoms with Crippen molar-refractivity contribution in [2.45, 2.75) is 6.54 Å². The number of benzene rings is 2. The Balaban J connectivity index is 1.35. The zero-order valence-corrected chi connectivity index (χ0v) is 15.8. The van der Waals surface area contributed by atoms with Gasteiger partial charge in [-0.15, -0.1) is 10.2 Å². The summed E-state index contributed by atoms with van der Waals surface area (Å²) in [5.74, 6) is 0.406. The van der Waals surface area contributed by atoms with Gasteiger partial charge >= 0.3 is 0 Å². The molecule has 3 heterocycles. The number of amides is 1. The minimum atomic E-state index is -0.317. The van der Waals surface area contributed by atoms with E-state index in [1.165, 1.54) is 6.20 Å². The molecule has 5 aromatic rings. The van der Waals surface area contributed by atoms with Crippen molar-refractivity contribution in [3.05, 3.63) is 90.6 Å². The first-order valence-corrected chi connectivity index (χ1v) is 9.34. The SMILES string of the molecule is O=C(NCc1nnc(-c2ccccc2)o1)c1cnn2c(-c3ccccc3)ccnc12. The van der Waals surface area contributed by atoms with Crippen LogP contribution < -0.4 is 5.32 Å². The number of fused-ring (bicyclic) bond motifs is 1. The van der Waals surface area contributed by atoms with Crippen LogP contribution in [0, 0.1) is 0 Å². The van der Waals surface area contributed by atoms with E-state index in [-0.39, 0.29) is 12.5 Å². The summed E-state index contributed by atoms with van der Waals surface area (Å²) in [5, 5.41) is 15.2. The number of nitrogens with zero attached hydrogens (tertiary/aromatic N) is 5. The molecular formula is C22H16N6O2. The summed E-state index contributed by atoms with van der Waals surface area (Å²) in [6.45, 7) is 0.106. The topological polar surface area (TPSA) is 98.2 Å². The Kier molecular flexibility index (Phi) is 4.49. The van der Waals surface area contributed by atoms with Crippen molar-refractivity contribution in [1.29, 1.82) is 0 Å². The Morgan fingerprint density at radius 3 is 2.43 bits per heavy atom. The first kappa shape index (κ1) is 17.7. The third kappa shape index (κ3) is 3.30. The summed E-state index contributed by atoms with van der Waals surface area (Å²) >= 11 is 0. The van der Waals surface area contributed by atoms with Gasteiger partial charge in [0.15, 0.2) is 5.65 Å². The van der Waals surface area contributed by atoms with E-state index in [1.807, 2.05) is 66.7 Å². The minimum Gasteiger partial charge on any atom is -0.419 e. The molecule has 1 N–H and O–H groups in total. The van der Waals surface area contributed by atoms with Crippen molar-refractivity contribution < 1.29 is 9.21 Å². The summed E-state index contributed by atoms with van der Waals surface area (Å²) in [6.07, 6.45) is 3.17. The first-order valence-electron chi connectivity index (χ1n) is 9.34. The van der Waals surface area contributed by atoms with E-state index in [2.05, 4.69) is 25.6 Å². The Morgan fingerprint density at radius 1 is 0.933 bits per heavy atom.